The molecule has 110 valence electrons. The molecule has 5 nitrogen and oxygen atoms in total. The Morgan fingerprint density at radius 3 is 2.38 bits per heavy atom. The zero-order chi connectivity index (χ0) is 15.4. The summed E-state index contributed by atoms with van der Waals surface area (Å²) >= 11 is 0. The van der Waals surface area contributed by atoms with Gasteiger partial charge in [-0.25, -0.2) is 9.97 Å². The number of carbonyl (C=O) groups is 1. The molecule has 2 aromatic rings. The molecule has 1 aromatic heterocycles. The van der Waals surface area contributed by atoms with Gasteiger partial charge in [-0.05, 0) is 26.8 Å². The summed E-state index contributed by atoms with van der Waals surface area (Å²) in [5, 5.41) is 2.89. The van der Waals surface area contributed by atoms with Crippen LogP contribution in [0.25, 0.3) is 0 Å². The summed E-state index contributed by atoms with van der Waals surface area (Å²) in [5.74, 6) is 1.26. The van der Waals surface area contributed by atoms with Crippen LogP contribution in [0.3, 0.4) is 0 Å². The molecule has 0 fully saturated rings. The fraction of sp³-hybridized carbons (Fsp3) is 0.312. The Balaban J connectivity index is 2.16. The van der Waals surface area contributed by atoms with Gasteiger partial charge in [0.25, 0.3) is 5.91 Å². The van der Waals surface area contributed by atoms with Crippen LogP contribution in [0.5, 0.6) is 5.75 Å². The number of rotatable bonds is 4. The summed E-state index contributed by atoms with van der Waals surface area (Å²) in [6.07, 6.45) is 0. The Labute approximate surface area is 124 Å². The summed E-state index contributed by atoms with van der Waals surface area (Å²) in [5.41, 5.74) is 2.85. The van der Waals surface area contributed by atoms with Gasteiger partial charge in [0.2, 0.25) is 0 Å². The second-order valence-corrected chi connectivity index (χ2v) is 4.81. The molecule has 0 radical (unpaired) electrons. The van der Waals surface area contributed by atoms with Crippen LogP contribution in [0.2, 0.25) is 0 Å². The van der Waals surface area contributed by atoms with E-state index in [1.165, 1.54) is 0 Å². The molecule has 1 aromatic carbocycles. The van der Waals surface area contributed by atoms with Gasteiger partial charge in [0, 0.05) is 12.1 Å². The van der Waals surface area contributed by atoms with Gasteiger partial charge in [0.05, 0.1) is 24.1 Å². The smallest absolute Gasteiger partial charge is 0.255 e. The summed E-state index contributed by atoms with van der Waals surface area (Å²) in [7, 11) is 1.61. The van der Waals surface area contributed by atoms with Crippen LogP contribution in [0.1, 0.15) is 33.1 Å². The largest absolute Gasteiger partial charge is 0.496 e. The van der Waals surface area contributed by atoms with E-state index in [0.717, 1.165) is 11.3 Å². The summed E-state index contributed by atoms with van der Waals surface area (Å²) in [4.78, 5) is 20.8. The van der Waals surface area contributed by atoms with Crippen molar-refractivity contribution in [1.29, 1.82) is 0 Å². The van der Waals surface area contributed by atoms with E-state index in [1.54, 1.807) is 7.11 Å². The van der Waals surface area contributed by atoms with Gasteiger partial charge in [-0.3, -0.25) is 4.79 Å². The van der Waals surface area contributed by atoms with Crippen molar-refractivity contribution in [2.45, 2.75) is 27.3 Å². The number of benzene rings is 1. The molecule has 21 heavy (non-hydrogen) atoms. The lowest BCUT2D eigenvalue weighted by Crippen LogP contribution is -2.25. The number of aryl methyl sites for hydroxylation is 3. The summed E-state index contributed by atoms with van der Waals surface area (Å²) in [6, 6.07) is 7.60. The summed E-state index contributed by atoms with van der Waals surface area (Å²) < 4.78 is 5.27. The van der Waals surface area contributed by atoms with Crippen molar-refractivity contribution in [2.75, 3.05) is 7.11 Å². The molecule has 0 aliphatic rings. The maximum Gasteiger partial charge on any atom is 0.255 e. The van der Waals surface area contributed by atoms with Gasteiger partial charge in [-0.1, -0.05) is 18.2 Å². The van der Waals surface area contributed by atoms with Crippen molar-refractivity contribution in [3.05, 3.63) is 52.6 Å². The van der Waals surface area contributed by atoms with Crippen LogP contribution in [-0.4, -0.2) is 23.0 Å². The highest BCUT2D eigenvalue weighted by atomic mass is 16.5. The highest BCUT2D eigenvalue weighted by Gasteiger charge is 2.15. The van der Waals surface area contributed by atoms with Crippen LogP contribution in [0, 0.1) is 20.8 Å². The average molecular weight is 285 g/mol. The van der Waals surface area contributed by atoms with E-state index in [4.69, 9.17) is 4.74 Å². The fourth-order valence-corrected chi connectivity index (χ4v) is 2.33. The number of para-hydroxylation sites is 1. The molecule has 0 saturated heterocycles. The van der Waals surface area contributed by atoms with Crippen LogP contribution >= 0.6 is 0 Å². The van der Waals surface area contributed by atoms with Crippen molar-refractivity contribution in [3.8, 4) is 5.75 Å². The Morgan fingerprint density at radius 2 is 1.76 bits per heavy atom. The number of hydrogen-bond donors (Lipinski definition) is 1. The number of hydrogen-bond acceptors (Lipinski definition) is 4. The van der Waals surface area contributed by atoms with Crippen LogP contribution in [0.4, 0.5) is 0 Å². The molecule has 2 rings (SSSR count). The van der Waals surface area contributed by atoms with E-state index >= 15 is 0 Å². The third-order valence-corrected chi connectivity index (χ3v) is 3.24. The molecule has 1 heterocycles. The number of amides is 1. The monoisotopic (exact) mass is 285 g/mol. The van der Waals surface area contributed by atoms with Crippen molar-refractivity contribution >= 4 is 5.91 Å². The lowest BCUT2D eigenvalue weighted by atomic mass is 10.1. The summed E-state index contributed by atoms with van der Waals surface area (Å²) in [6.45, 7) is 5.85. The molecular weight excluding hydrogens is 266 g/mol. The topological polar surface area (TPSA) is 64.1 Å². The highest BCUT2D eigenvalue weighted by molar-refractivity contribution is 5.96. The van der Waals surface area contributed by atoms with Crippen molar-refractivity contribution < 1.29 is 9.53 Å². The predicted octanol–water partition coefficient (Wildman–Crippen LogP) is 2.34. The van der Waals surface area contributed by atoms with Gasteiger partial charge in [-0.15, -0.1) is 0 Å². The first kappa shape index (κ1) is 15.0. The molecule has 0 unspecified atom stereocenters. The quantitative estimate of drug-likeness (QED) is 0.936. The third-order valence-electron chi connectivity index (χ3n) is 3.24. The van der Waals surface area contributed by atoms with Crippen LogP contribution in [0.15, 0.2) is 24.3 Å². The minimum absolute atomic E-state index is 0.170. The number of methoxy groups -OCH3 is 1. The second-order valence-electron chi connectivity index (χ2n) is 4.81. The molecule has 1 amide bonds. The third kappa shape index (κ3) is 3.37. The molecule has 0 aliphatic carbocycles. The highest BCUT2D eigenvalue weighted by Crippen LogP contribution is 2.17. The first-order valence-electron chi connectivity index (χ1n) is 6.75. The molecular formula is C16H19N3O2. The average Bonchev–Trinajstić information content (AvgIpc) is 2.44. The maximum absolute atomic E-state index is 12.3. The first-order valence-corrected chi connectivity index (χ1v) is 6.75. The zero-order valence-electron chi connectivity index (χ0n) is 12.7. The molecule has 0 saturated carbocycles. The minimum atomic E-state index is -0.170. The Hall–Kier alpha value is -2.43. The van der Waals surface area contributed by atoms with Gasteiger partial charge in [0.1, 0.15) is 11.6 Å². The van der Waals surface area contributed by atoms with Crippen molar-refractivity contribution in [2.24, 2.45) is 0 Å². The predicted molar refractivity (Wildman–Crippen MR) is 80.4 cm³/mol. The molecule has 5 heteroatoms. The molecule has 0 bridgehead atoms. The molecule has 0 spiro atoms. The van der Waals surface area contributed by atoms with E-state index < -0.39 is 0 Å². The SMILES string of the molecule is COc1ccccc1CNC(=O)c1c(C)nc(C)nc1C. The van der Waals surface area contributed by atoms with Gasteiger partial charge < -0.3 is 10.1 Å². The van der Waals surface area contributed by atoms with Crippen molar-refractivity contribution in [3.63, 3.8) is 0 Å². The van der Waals surface area contributed by atoms with E-state index in [9.17, 15) is 4.79 Å². The van der Waals surface area contributed by atoms with E-state index in [2.05, 4.69) is 15.3 Å². The Kier molecular flexibility index (Phi) is 4.52. The number of carbonyl (C=O) groups excluding carboxylic acids is 1. The number of nitrogens with zero attached hydrogens (tertiary/aromatic N) is 2. The fourth-order valence-electron chi connectivity index (χ4n) is 2.33. The van der Waals surface area contributed by atoms with Gasteiger partial charge in [-0.2, -0.15) is 0 Å². The standard InChI is InChI=1S/C16H19N3O2/c1-10-15(11(2)19-12(3)18-10)16(20)17-9-13-7-5-6-8-14(13)21-4/h5-8H,9H2,1-4H3,(H,17,20). The second kappa shape index (κ2) is 6.35. The normalized spacial score (nSPS) is 10.3. The van der Waals surface area contributed by atoms with Crippen LogP contribution < -0.4 is 10.1 Å². The number of ether oxygens (including phenoxy) is 1. The Morgan fingerprint density at radius 1 is 1.14 bits per heavy atom. The van der Waals surface area contributed by atoms with Gasteiger partial charge >= 0.3 is 0 Å². The van der Waals surface area contributed by atoms with E-state index in [1.807, 2.05) is 45.0 Å². The van der Waals surface area contributed by atoms with Crippen molar-refractivity contribution in [1.82, 2.24) is 15.3 Å². The van der Waals surface area contributed by atoms with E-state index in [-0.39, 0.29) is 5.91 Å². The number of aromatic nitrogens is 2. The van der Waals surface area contributed by atoms with Crippen LogP contribution in [-0.2, 0) is 6.54 Å². The number of nitrogens with one attached hydrogen (secondary N) is 1. The van der Waals surface area contributed by atoms with Gasteiger partial charge in [0.15, 0.2) is 0 Å². The lowest BCUT2D eigenvalue weighted by molar-refractivity contribution is 0.0948. The minimum Gasteiger partial charge on any atom is -0.496 e. The lowest BCUT2D eigenvalue weighted by Gasteiger charge is -2.12. The zero-order valence-corrected chi connectivity index (χ0v) is 12.7. The molecule has 1 N–H and O–H groups in total. The first-order chi connectivity index (χ1) is 10.0. The Bertz CT molecular complexity index is 645. The molecule has 0 atom stereocenters. The van der Waals surface area contributed by atoms with E-state index in [0.29, 0.717) is 29.3 Å². The molecule has 0 aliphatic heterocycles. The maximum atomic E-state index is 12.3.